The van der Waals surface area contributed by atoms with E-state index in [2.05, 4.69) is 79.1 Å². The lowest BCUT2D eigenvalue weighted by Gasteiger charge is -2.62. The van der Waals surface area contributed by atoms with Crippen LogP contribution >= 0.6 is 23.5 Å². The number of fused-ring (bicyclic) bond motifs is 21. The van der Waals surface area contributed by atoms with Crippen molar-refractivity contribution in [1.29, 1.82) is 5.26 Å². The molecule has 12 aliphatic rings. The molecule has 590 valence electrons. The molecule has 6 aromatic carbocycles. The minimum atomic E-state index is -1.30. The molecule has 0 radical (unpaired) electrons. The molecule has 27 nitrogen and oxygen atoms in total. The zero-order valence-corrected chi connectivity index (χ0v) is 65.8. The Morgan fingerprint density at radius 2 is 1.22 bits per heavy atom. The fourth-order valence-electron chi connectivity index (χ4n) is 20.1. The van der Waals surface area contributed by atoms with Gasteiger partial charge in [-0.15, -0.1) is 23.5 Å². The number of phenolic OH excluding ortho intramolecular Hbond substituents is 2. The number of methoxy groups -OCH3 is 2. The third-order valence-electron chi connectivity index (χ3n) is 25.1. The second-order valence-corrected chi connectivity index (χ2v) is 33.3. The van der Waals surface area contributed by atoms with Crippen molar-refractivity contribution in [3.63, 3.8) is 0 Å². The number of carbonyl (C=O) groups excluding carboxylic acids is 3. The number of piperazine rings is 2. The first-order chi connectivity index (χ1) is 53.8. The molecule has 0 aliphatic carbocycles. The number of H-pyrrole nitrogens is 2. The van der Waals surface area contributed by atoms with Gasteiger partial charge in [-0.2, -0.15) is 5.26 Å². The van der Waals surface area contributed by atoms with Gasteiger partial charge in [-0.3, -0.25) is 34.5 Å². The maximum absolute atomic E-state index is 14.9. The minimum absolute atomic E-state index is 0.0273. The molecule has 1 spiro atoms. The van der Waals surface area contributed by atoms with Crippen LogP contribution in [0.2, 0.25) is 0 Å². The van der Waals surface area contributed by atoms with Gasteiger partial charge in [-0.1, -0.05) is 48.5 Å². The highest BCUT2D eigenvalue weighted by Crippen LogP contribution is 2.66. The zero-order valence-electron chi connectivity index (χ0n) is 64.1. The summed E-state index contributed by atoms with van der Waals surface area (Å²) in [7, 11) is 7.17. The number of rotatable bonds is 6. The molecule has 8 aromatic rings. The molecule has 4 saturated heterocycles. The number of aromatic hydroxyl groups is 2. The van der Waals surface area contributed by atoms with Gasteiger partial charge in [-0.25, -0.2) is 9.59 Å². The van der Waals surface area contributed by atoms with Crippen LogP contribution < -0.4 is 39.5 Å². The molecular weight excluding hydrogens is 1480 g/mol. The lowest BCUT2D eigenvalue weighted by Crippen LogP contribution is -2.70. The van der Waals surface area contributed by atoms with Gasteiger partial charge in [0, 0.05) is 104 Å². The van der Waals surface area contributed by atoms with Gasteiger partial charge < -0.3 is 84.2 Å². The molecular formula is C83H93N9O18S2. The summed E-state index contributed by atoms with van der Waals surface area (Å²) in [5.74, 6) is 1.16. The number of Topliss-reactive ketones (excluding diaryl/α,β-unsaturated/α-hetero) is 1. The summed E-state index contributed by atoms with van der Waals surface area (Å²) in [6.07, 6.45) is 3.37. The molecule has 2 aromatic heterocycles. The number of para-hydroxylation sites is 2. The van der Waals surface area contributed by atoms with Crippen LogP contribution in [0.25, 0.3) is 21.8 Å². The normalized spacial score (nSPS) is 27.8. The number of nitrogens with one attached hydrogen (secondary N) is 3. The van der Waals surface area contributed by atoms with Gasteiger partial charge in [-0.05, 0) is 160 Å². The molecule has 8 bridgehead atoms. The summed E-state index contributed by atoms with van der Waals surface area (Å²) >= 11 is 3.02. The number of aryl methyl sites for hydroxylation is 2. The van der Waals surface area contributed by atoms with Crippen LogP contribution in [0.1, 0.15) is 136 Å². The summed E-state index contributed by atoms with van der Waals surface area (Å²) in [6, 6.07) is 18.7. The third-order valence-corrected chi connectivity index (χ3v) is 27.9. The number of ether oxygens (including phenoxy) is 8. The van der Waals surface area contributed by atoms with Gasteiger partial charge in [0.2, 0.25) is 19.4 Å². The Balaban J connectivity index is 0.000000141. The maximum Gasteiger partial charge on any atom is 0.375 e. The topological polar surface area (TPSA) is 370 Å². The Kier molecular flexibility index (Phi) is 20.3. The number of nitrogens with zero attached hydrogens (tertiary/aromatic N) is 5. The molecule has 15 atom stereocenters. The van der Waals surface area contributed by atoms with Crippen molar-refractivity contribution in [2.24, 2.45) is 5.73 Å². The summed E-state index contributed by atoms with van der Waals surface area (Å²) in [5, 5.41) is 79.0. The van der Waals surface area contributed by atoms with E-state index in [0.717, 1.165) is 112 Å². The Labute approximate surface area is 655 Å². The fraction of sp³-hybridized carbons (Fsp3) is 0.458. The van der Waals surface area contributed by atoms with Crippen LogP contribution in [0.3, 0.4) is 0 Å². The number of aliphatic carboxylic acids is 1. The number of hydrogen-bond donors (Lipinski definition) is 10. The van der Waals surface area contributed by atoms with Crippen molar-refractivity contribution in [1.82, 2.24) is 34.9 Å². The zero-order chi connectivity index (χ0) is 79.1. The predicted molar refractivity (Wildman–Crippen MR) is 416 cm³/mol. The standard InChI is InChI=1S/C40H44N4O8S.C30H31N3O7S.C11H14N2O.C2H4O2/c1-17-10-20-11-25-38(47)44-26-14-50-39(48)40(37-23(12-21(13-45)42-40)22-8-6-7-9-24(22)41-37)15-53-36(27-18(2)19(3)34-35(29(26)27)52-16-51-34)31(44)30(43(25)4)28(20)32(46)33(17)49-5;1-12-6-15-7-16-17(8-31)33-18-9-38-30(36)19(34)10-41-29(20-13(2)14(3)27-28(22(18)20)40-11-39-27)24(33)23(32(16)4)21(15)25(35)26(12)37-5;12-9(7-14)5-8-6-13-11-4-2-1-3-10(8)11;1-2(3)4/h6-10,21,25-26,30-31,36,38,41-42,45-47H,11-16H2,1-5H3;6,16-18,23-24,29,35H,7,9-11H2,1-5H3;1-4,6,9,13-14H,5,7,12H2;1H3,(H,3,4)/t21-,25+,26+,30-,31-,36-,38+,40-;16-,17-,18-,23+,24+,29+;9-;/m101./s1. The summed E-state index contributed by atoms with van der Waals surface area (Å²) in [6.45, 7) is 13.0. The van der Waals surface area contributed by atoms with Crippen LogP contribution in [0.5, 0.6) is 46.0 Å². The Morgan fingerprint density at radius 3 is 1.80 bits per heavy atom. The molecule has 0 unspecified atom stereocenters. The number of likely N-dealkylation sites (N-methyl/N-ethyl adjacent to an activating group) is 2. The first kappa shape index (κ1) is 76.7. The van der Waals surface area contributed by atoms with E-state index in [1.807, 2.05) is 84.4 Å². The van der Waals surface area contributed by atoms with E-state index >= 15 is 0 Å². The SMILES string of the molecule is CC(=O)O.COc1c(C)cc2c(c1O)[C@@H]1[C@@H]3[C@@H]4SCC(=O)C(=O)OC[C@@H](c5c6c(c(C)c(C)c54)OCO6)N3[C@@H](C#N)[C@H](C2)N1C.COc1c(C)cc2c(c1O)[C@@H]1[C@@H]3[C@@H]4SC[C@]5(N[C@@H](CO)Cc6c5[nH]c5ccccc65)C(=O)OC[C@@H](c5c6c(c(C)c(C)c54)OCO6)N3[C@@H](O)[C@H](C2)N1C.N[C@@H](CO)Cc1c[nH]c2ccccc12. The largest absolute Gasteiger partial charge is 0.504 e. The highest BCUT2D eigenvalue weighted by Gasteiger charge is 2.64. The number of aromatic amines is 2. The number of thioether (sulfide) groups is 2. The average Bonchev–Trinajstić information content (AvgIpc) is 0.916. The van der Waals surface area contributed by atoms with Crippen LogP contribution in [0.4, 0.5) is 0 Å². The highest BCUT2D eigenvalue weighted by molar-refractivity contribution is 8.00. The number of aliphatic hydroxyl groups excluding tert-OH is 3. The highest BCUT2D eigenvalue weighted by atomic mass is 32.2. The number of hydrogen-bond acceptors (Lipinski definition) is 26. The smallest absolute Gasteiger partial charge is 0.375 e. The van der Waals surface area contributed by atoms with Crippen molar-refractivity contribution >= 4 is 69.0 Å². The van der Waals surface area contributed by atoms with Crippen LogP contribution in [-0.2, 0) is 59.9 Å². The van der Waals surface area contributed by atoms with E-state index < -0.39 is 53.6 Å². The predicted octanol–water partition coefficient (Wildman–Crippen LogP) is 8.23. The number of benzene rings is 6. The van der Waals surface area contributed by atoms with Crippen molar-refractivity contribution in [3.8, 4) is 52.1 Å². The second kappa shape index (κ2) is 29.6. The number of cyclic esters (lactones) is 1. The molecule has 4 fully saturated rings. The van der Waals surface area contributed by atoms with E-state index in [1.165, 1.54) is 22.7 Å². The van der Waals surface area contributed by atoms with Crippen molar-refractivity contribution in [3.05, 3.63) is 162 Å². The van der Waals surface area contributed by atoms with Gasteiger partial charge in [0.1, 0.15) is 25.5 Å². The summed E-state index contributed by atoms with van der Waals surface area (Å²) in [5.41, 5.74) is 22.4. The number of phenols is 2. The molecule has 112 heavy (non-hydrogen) atoms. The Bertz CT molecular complexity index is 5210. The molecule has 29 heteroatoms. The van der Waals surface area contributed by atoms with E-state index in [9.17, 15) is 40.1 Å². The number of nitrogens with two attached hydrogens (primary N) is 1. The van der Waals surface area contributed by atoms with Gasteiger partial charge in [0.05, 0.1) is 75.2 Å². The molecule has 0 saturated carbocycles. The average molecular weight is 1570 g/mol. The lowest BCUT2D eigenvalue weighted by molar-refractivity contribution is -0.186. The minimum Gasteiger partial charge on any atom is -0.504 e. The number of nitriles is 1. The number of carbonyl (C=O) groups is 4. The number of carboxylic acid groups (broad SMARTS) is 1. The Hall–Kier alpha value is -9.29. The van der Waals surface area contributed by atoms with E-state index in [1.54, 1.807) is 26.0 Å². The van der Waals surface area contributed by atoms with Gasteiger partial charge in [0.15, 0.2) is 51.5 Å². The second-order valence-electron chi connectivity index (χ2n) is 31.0. The fourth-order valence-corrected chi connectivity index (χ4v) is 23.3. The van der Waals surface area contributed by atoms with Gasteiger partial charge in [0.25, 0.3) is 5.97 Å². The van der Waals surface area contributed by atoms with E-state index in [-0.39, 0.29) is 122 Å². The number of carboxylic acids is 1. The van der Waals surface area contributed by atoms with Crippen LogP contribution in [0.15, 0.2) is 66.9 Å². The van der Waals surface area contributed by atoms with Crippen LogP contribution in [-0.4, -0.2) is 212 Å². The van der Waals surface area contributed by atoms with E-state index in [4.69, 9.17) is 58.6 Å². The number of esters is 2. The lowest BCUT2D eigenvalue weighted by atomic mass is 9.71. The monoisotopic (exact) mass is 1570 g/mol. The number of ketones is 1. The first-order valence-corrected chi connectivity index (χ1v) is 39.8. The molecule has 11 N–H and O–H groups in total. The summed E-state index contributed by atoms with van der Waals surface area (Å²) in [4.78, 5) is 64.8. The molecule has 14 heterocycles. The van der Waals surface area contributed by atoms with Crippen molar-refractivity contribution in [2.75, 3.05) is 79.8 Å². The van der Waals surface area contributed by atoms with E-state index in [0.29, 0.717) is 60.2 Å². The first-order valence-electron chi connectivity index (χ1n) is 37.7. The summed E-state index contributed by atoms with van der Waals surface area (Å²) < 4.78 is 47.8. The maximum atomic E-state index is 14.9. The van der Waals surface area contributed by atoms with Crippen molar-refractivity contribution < 1.29 is 87.7 Å². The number of aromatic nitrogens is 2. The molecule has 12 aliphatic heterocycles. The Morgan fingerprint density at radius 1 is 0.696 bits per heavy atom. The molecule has 0 amide bonds. The molecule has 20 rings (SSSR count). The van der Waals surface area contributed by atoms with Crippen molar-refractivity contribution in [2.45, 2.75) is 163 Å². The van der Waals surface area contributed by atoms with Gasteiger partial charge >= 0.3 is 11.9 Å². The third kappa shape index (κ3) is 11.9. The quantitative estimate of drug-likeness (QED) is 0.0553. The van der Waals surface area contributed by atoms with Crippen LogP contribution in [0, 0.1) is 52.9 Å². The number of aliphatic hydroxyl groups is 3.